The lowest BCUT2D eigenvalue weighted by Gasteiger charge is -2.19. The molecular formula is C56H37NS. The number of fused-ring (bicyclic) bond motifs is 8. The molecule has 1 nitrogen and oxygen atoms in total. The van der Waals surface area contributed by atoms with Crippen LogP contribution < -0.4 is 0 Å². The SMILES string of the molecule is C1=C(c2ccc3c(c2)c2ccccc2n3-c2ccc(-c3ccc4c(-c5ccccc5)c5ccccc5c(-c5ccccc5)c4c3)cc2)c2sc3ccccc3c2CC1. The van der Waals surface area contributed by atoms with E-state index in [1.807, 2.05) is 11.3 Å². The summed E-state index contributed by atoms with van der Waals surface area (Å²) in [6.07, 6.45) is 4.64. The second-order valence-corrected chi connectivity index (χ2v) is 16.5. The van der Waals surface area contributed by atoms with Crippen LogP contribution in [-0.2, 0) is 6.42 Å². The average Bonchev–Trinajstić information content (AvgIpc) is 3.84. The van der Waals surface area contributed by atoms with Crippen molar-refractivity contribution >= 4 is 70.3 Å². The lowest BCUT2D eigenvalue weighted by Crippen LogP contribution is -1.98. The Bertz CT molecular complexity index is 3420. The Morgan fingerprint density at radius 1 is 0.379 bits per heavy atom. The van der Waals surface area contributed by atoms with Gasteiger partial charge in [-0.05, 0) is 132 Å². The maximum absolute atomic E-state index is 2.46. The van der Waals surface area contributed by atoms with Crippen LogP contribution in [0.2, 0.25) is 0 Å². The van der Waals surface area contributed by atoms with E-state index in [-0.39, 0.29) is 0 Å². The third kappa shape index (κ3) is 5.15. The molecule has 1 aliphatic rings. The Hall–Kier alpha value is -7.00. The van der Waals surface area contributed by atoms with Crippen molar-refractivity contribution in [2.45, 2.75) is 12.8 Å². The van der Waals surface area contributed by atoms with Gasteiger partial charge in [0.05, 0.1) is 11.0 Å². The fourth-order valence-corrected chi connectivity index (χ4v) is 11.0. The largest absolute Gasteiger partial charge is 0.309 e. The molecule has 0 bridgehead atoms. The maximum Gasteiger partial charge on any atom is 0.0541 e. The monoisotopic (exact) mass is 755 g/mol. The third-order valence-corrected chi connectivity index (χ3v) is 13.5. The smallest absolute Gasteiger partial charge is 0.0541 e. The van der Waals surface area contributed by atoms with Crippen molar-refractivity contribution in [3.8, 4) is 39.1 Å². The number of aromatic nitrogens is 1. The van der Waals surface area contributed by atoms with Gasteiger partial charge in [-0.2, -0.15) is 0 Å². The van der Waals surface area contributed by atoms with E-state index in [0.717, 1.165) is 18.5 Å². The topological polar surface area (TPSA) is 4.93 Å². The summed E-state index contributed by atoms with van der Waals surface area (Å²) in [5.74, 6) is 0. The third-order valence-electron chi connectivity index (χ3n) is 12.3. The van der Waals surface area contributed by atoms with Crippen LogP contribution in [0.5, 0.6) is 0 Å². The molecule has 2 heterocycles. The highest BCUT2D eigenvalue weighted by atomic mass is 32.1. The van der Waals surface area contributed by atoms with Crippen LogP contribution in [0.15, 0.2) is 200 Å². The molecule has 58 heavy (non-hydrogen) atoms. The summed E-state index contributed by atoms with van der Waals surface area (Å²) in [4.78, 5) is 1.43. The highest BCUT2D eigenvalue weighted by Crippen LogP contribution is 2.46. The maximum atomic E-state index is 2.46. The fraction of sp³-hybridized carbons (Fsp3) is 0.0357. The molecule has 272 valence electrons. The second kappa shape index (κ2) is 13.3. The summed E-state index contributed by atoms with van der Waals surface area (Å²) in [7, 11) is 0. The van der Waals surface area contributed by atoms with Crippen LogP contribution in [0.25, 0.3) is 98.1 Å². The Balaban J connectivity index is 0.987. The molecule has 0 atom stereocenters. The van der Waals surface area contributed by atoms with Crippen molar-refractivity contribution in [2.24, 2.45) is 0 Å². The van der Waals surface area contributed by atoms with Crippen LogP contribution in [0.3, 0.4) is 0 Å². The number of aryl methyl sites for hydroxylation is 1. The first-order valence-electron chi connectivity index (χ1n) is 20.2. The number of nitrogens with zero attached hydrogens (tertiary/aromatic N) is 1. The van der Waals surface area contributed by atoms with Gasteiger partial charge in [0.1, 0.15) is 0 Å². The summed E-state index contributed by atoms with van der Waals surface area (Å²) in [5, 5.41) is 9.05. The second-order valence-electron chi connectivity index (χ2n) is 15.5. The van der Waals surface area contributed by atoms with Crippen molar-refractivity contribution < 1.29 is 0 Å². The standard InChI is InChI=1S/C56H37NS/c1-3-14-37(15-4-1)54-45-20-7-8-21-46(45)55(38-16-5-2-6-17-38)50-34-39(28-32-47(50)54)36-26-30-41(31-27-36)57-51-24-11-9-18-43(51)49-35-40(29-33-52(49)57)42-22-13-23-48-44-19-10-12-25-53(44)58-56(42)48/h1-12,14-22,24-35H,13,23H2. The molecule has 0 fully saturated rings. The summed E-state index contributed by atoms with van der Waals surface area (Å²) in [6, 6.07) is 71.7. The molecule has 1 aliphatic carbocycles. The van der Waals surface area contributed by atoms with Crippen molar-refractivity contribution in [3.63, 3.8) is 0 Å². The van der Waals surface area contributed by atoms with E-state index in [4.69, 9.17) is 0 Å². The average molecular weight is 756 g/mol. The normalized spacial score (nSPS) is 12.8. The molecule has 2 aromatic heterocycles. The lowest BCUT2D eigenvalue weighted by molar-refractivity contribution is 0.998. The van der Waals surface area contributed by atoms with E-state index in [2.05, 4.69) is 205 Å². The van der Waals surface area contributed by atoms with E-state index in [0.29, 0.717) is 0 Å². The van der Waals surface area contributed by atoms with Gasteiger partial charge in [-0.1, -0.05) is 158 Å². The molecular weight excluding hydrogens is 719 g/mol. The minimum Gasteiger partial charge on any atom is -0.309 e. The van der Waals surface area contributed by atoms with Gasteiger partial charge in [-0.15, -0.1) is 11.3 Å². The van der Waals surface area contributed by atoms with Crippen molar-refractivity contribution in [2.75, 3.05) is 0 Å². The van der Waals surface area contributed by atoms with Gasteiger partial charge in [0.25, 0.3) is 0 Å². The first-order chi connectivity index (χ1) is 28.8. The van der Waals surface area contributed by atoms with E-state index >= 15 is 0 Å². The molecule has 0 spiro atoms. The van der Waals surface area contributed by atoms with E-state index in [9.17, 15) is 0 Å². The zero-order valence-electron chi connectivity index (χ0n) is 31.8. The van der Waals surface area contributed by atoms with E-state index in [1.54, 1.807) is 0 Å². The predicted molar refractivity (Wildman–Crippen MR) is 249 cm³/mol. The predicted octanol–water partition coefficient (Wildman–Crippen LogP) is 15.7. The van der Waals surface area contributed by atoms with Crippen LogP contribution in [-0.4, -0.2) is 4.57 Å². The summed E-state index contributed by atoms with van der Waals surface area (Å²) in [6.45, 7) is 0. The minimum absolute atomic E-state index is 1.07. The van der Waals surface area contributed by atoms with E-state index < -0.39 is 0 Å². The highest BCUT2D eigenvalue weighted by Gasteiger charge is 2.22. The number of hydrogen-bond donors (Lipinski definition) is 0. The Morgan fingerprint density at radius 3 is 1.67 bits per heavy atom. The van der Waals surface area contributed by atoms with Gasteiger partial charge in [-0.3, -0.25) is 0 Å². The van der Waals surface area contributed by atoms with Crippen molar-refractivity contribution in [3.05, 3.63) is 216 Å². The molecule has 9 aromatic carbocycles. The van der Waals surface area contributed by atoms with Crippen molar-refractivity contribution in [1.29, 1.82) is 0 Å². The van der Waals surface area contributed by atoms with Gasteiger partial charge < -0.3 is 4.57 Å². The molecule has 0 radical (unpaired) electrons. The quantitative estimate of drug-likeness (QED) is 0.154. The molecule has 0 saturated carbocycles. The van der Waals surface area contributed by atoms with Gasteiger partial charge in [-0.25, -0.2) is 0 Å². The lowest BCUT2D eigenvalue weighted by atomic mass is 9.85. The number of thiophene rings is 1. The molecule has 12 rings (SSSR count). The molecule has 0 amide bonds. The minimum atomic E-state index is 1.07. The van der Waals surface area contributed by atoms with Gasteiger partial charge in [0, 0.05) is 26.0 Å². The van der Waals surface area contributed by atoms with E-state index in [1.165, 1.54) is 108 Å². The zero-order valence-corrected chi connectivity index (χ0v) is 32.6. The Kier molecular flexibility index (Phi) is 7.61. The number of benzene rings is 9. The zero-order chi connectivity index (χ0) is 38.2. The van der Waals surface area contributed by atoms with Gasteiger partial charge in [0.2, 0.25) is 0 Å². The number of rotatable bonds is 5. The van der Waals surface area contributed by atoms with Crippen LogP contribution in [0, 0.1) is 0 Å². The molecule has 0 unspecified atom stereocenters. The van der Waals surface area contributed by atoms with Crippen LogP contribution in [0.4, 0.5) is 0 Å². The molecule has 2 heteroatoms. The molecule has 0 saturated heterocycles. The summed E-state index contributed by atoms with van der Waals surface area (Å²) >= 11 is 1.94. The summed E-state index contributed by atoms with van der Waals surface area (Å²) < 4.78 is 3.82. The van der Waals surface area contributed by atoms with Crippen molar-refractivity contribution in [1.82, 2.24) is 4.57 Å². The first kappa shape index (κ1) is 33.2. The fourth-order valence-electron chi connectivity index (χ4n) is 9.68. The van der Waals surface area contributed by atoms with Crippen LogP contribution in [0.1, 0.15) is 22.4 Å². The first-order valence-corrected chi connectivity index (χ1v) is 21.0. The molecule has 0 N–H and O–H groups in total. The van der Waals surface area contributed by atoms with Gasteiger partial charge in [0.15, 0.2) is 0 Å². The number of hydrogen-bond acceptors (Lipinski definition) is 1. The van der Waals surface area contributed by atoms with Gasteiger partial charge >= 0.3 is 0 Å². The summed E-state index contributed by atoms with van der Waals surface area (Å²) in [5.41, 5.74) is 15.2. The van der Waals surface area contributed by atoms with Crippen LogP contribution >= 0.6 is 11.3 Å². The number of allylic oxidation sites excluding steroid dienone is 1. The number of para-hydroxylation sites is 1. The molecule has 0 aliphatic heterocycles. The Morgan fingerprint density at radius 2 is 0.931 bits per heavy atom. The Labute approximate surface area is 341 Å². The highest BCUT2D eigenvalue weighted by molar-refractivity contribution is 7.20. The molecule has 11 aromatic rings.